The van der Waals surface area contributed by atoms with Crippen LogP contribution in [-0.2, 0) is 4.79 Å². The molecule has 96 valence electrons. The van der Waals surface area contributed by atoms with Crippen molar-refractivity contribution in [2.75, 3.05) is 7.05 Å². The minimum atomic E-state index is -4.50. The summed E-state index contributed by atoms with van der Waals surface area (Å²) in [4.78, 5) is 11.5. The number of halogens is 3. The molecule has 1 N–H and O–H groups in total. The maximum Gasteiger partial charge on any atom is 0.404 e. The van der Waals surface area contributed by atoms with Crippen LogP contribution in [0.25, 0.3) is 0 Å². The Kier molecular flexibility index (Phi) is 5.78. The minimum absolute atomic E-state index is 0.282. The Balaban J connectivity index is 4.68. The monoisotopic (exact) mass is 241 g/mol. The van der Waals surface area contributed by atoms with Gasteiger partial charge in [-0.25, -0.2) is 0 Å². The molecule has 0 amide bonds. The second-order valence-corrected chi connectivity index (χ2v) is 3.96. The topological polar surface area (TPSA) is 40.5 Å². The number of rotatable bonds is 6. The molecule has 3 nitrogen and oxygen atoms in total. The maximum atomic E-state index is 12.6. The van der Waals surface area contributed by atoms with Gasteiger partial charge in [0.2, 0.25) is 0 Å². The number of hydrogen-bond acceptors (Lipinski definition) is 2. The molecule has 0 aromatic carbocycles. The molecule has 0 aliphatic carbocycles. The highest BCUT2D eigenvalue weighted by Gasteiger charge is 2.44. The number of aliphatic carboxylic acids is 1. The van der Waals surface area contributed by atoms with Gasteiger partial charge in [-0.2, -0.15) is 13.2 Å². The van der Waals surface area contributed by atoms with Gasteiger partial charge in [0.05, 0.1) is 6.42 Å². The molecule has 0 aliphatic heterocycles. The second kappa shape index (κ2) is 6.08. The predicted octanol–water partition coefficient (Wildman–Crippen LogP) is 2.51. The average molecular weight is 241 g/mol. The van der Waals surface area contributed by atoms with Crippen LogP contribution in [-0.4, -0.2) is 41.3 Å². The molecule has 2 atom stereocenters. The standard InChI is InChI=1S/C10H18F3NO2/c1-4-5-7(2)14(3)8(6-9(15)16)10(11,12)13/h7-8H,4-6H2,1-3H3,(H,15,16). The van der Waals surface area contributed by atoms with Crippen molar-refractivity contribution < 1.29 is 23.1 Å². The fraction of sp³-hybridized carbons (Fsp3) is 0.900. The van der Waals surface area contributed by atoms with E-state index in [1.165, 1.54) is 7.05 Å². The number of carboxylic acids is 1. The van der Waals surface area contributed by atoms with Crippen molar-refractivity contribution in [3.8, 4) is 0 Å². The lowest BCUT2D eigenvalue weighted by Crippen LogP contribution is -2.48. The van der Waals surface area contributed by atoms with E-state index in [2.05, 4.69) is 0 Å². The van der Waals surface area contributed by atoms with E-state index in [4.69, 9.17) is 5.11 Å². The van der Waals surface area contributed by atoms with E-state index in [1.807, 2.05) is 6.92 Å². The van der Waals surface area contributed by atoms with Crippen LogP contribution in [0.4, 0.5) is 13.2 Å². The summed E-state index contributed by atoms with van der Waals surface area (Å²) in [6, 6.07) is -2.19. The van der Waals surface area contributed by atoms with Crippen LogP contribution in [0.1, 0.15) is 33.1 Å². The summed E-state index contributed by atoms with van der Waals surface area (Å²) < 4.78 is 37.9. The average Bonchev–Trinajstić information content (AvgIpc) is 2.11. The number of carboxylic acid groups (broad SMARTS) is 1. The minimum Gasteiger partial charge on any atom is -0.481 e. The van der Waals surface area contributed by atoms with Gasteiger partial charge in [-0.15, -0.1) is 0 Å². The van der Waals surface area contributed by atoms with Gasteiger partial charge in [0, 0.05) is 6.04 Å². The summed E-state index contributed by atoms with van der Waals surface area (Å²) in [7, 11) is 1.32. The van der Waals surface area contributed by atoms with Gasteiger partial charge in [0.25, 0.3) is 0 Å². The molecule has 0 aromatic rings. The van der Waals surface area contributed by atoms with Gasteiger partial charge >= 0.3 is 12.1 Å². The van der Waals surface area contributed by atoms with Gasteiger partial charge in [0.15, 0.2) is 0 Å². The molecule has 0 radical (unpaired) electrons. The van der Waals surface area contributed by atoms with Crippen molar-refractivity contribution in [2.45, 2.75) is 51.4 Å². The van der Waals surface area contributed by atoms with Crippen molar-refractivity contribution in [3.63, 3.8) is 0 Å². The Bertz CT molecular complexity index is 231. The number of nitrogens with zero attached hydrogens (tertiary/aromatic N) is 1. The third-order valence-electron chi connectivity index (χ3n) is 2.64. The van der Waals surface area contributed by atoms with E-state index in [0.29, 0.717) is 6.42 Å². The van der Waals surface area contributed by atoms with Crippen LogP contribution in [0.5, 0.6) is 0 Å². The Morgan fingerprint density at radius 2 is 1.94 bits per heavy atom. The highest BCUT2D eigenvalue weighted by molar-refractivity contribution is 5.67. The first-order chi connectivity index (χ1) is 7.20. The first-order valence-corrected chi connectivity index (χ1v) is 5.20. The molecule has 0 rings (SSSR count). The van der Waals surface area contributed by atoms with Crippen LogP contribution < -0.4 is 0 Å². The zero-order chi connectivity index (χ0) is 12.9. The highest BCUT2D eigenvalue weighted by Crippen LogP contribution is 2.28. The molecule has 0 aromatic heterocycles. The molecule has 6 heteroatoms. The van der Waals surface area contributed by atoms with E-state index >= 15 is 0 Å². The van der Waals surface area contributed by atoms with Crippen molar-refractivity contribution >= 4 is 5.97 Å². The Morgan fingerprint density at radius 3 is 2.25 bits per heavy atom. The Hall–Kier alpha value is -0.780. The molecule has 0 heterocycles. The van der Waals surface area contributed by atoms with Crippen LogP contribution in [0.15, 0.2) is 0 Å². The number of hydrogen-bond donors (Lipinski definition) is 1. The van der Waals surface area contributed by atoms with Crippen molar-refractivity contribution in [1.29, 1.82) is 0 Å². The molecule has 0 fully saturated rings. The van der Waals surface area contributed by atoms with Crippen molar-refractivity contribution in [1.82, 2.24) is 4.90 Å². The lowest BCUT2D eigenvalue weighted by molar-refractivity contribution is -0.192. The lowest BCUT2D eigenvalue weighted by Gasteiger charge is -2.33. The van der Waals surface area contributed by atoms with E-state index in [1.54, 1.807) is 6.92 Å². The molecule has 0 aliphatic rings. The largest absolute Gasteiger partial charge is 0.481 e. The summed E-state index contributed by atoms with van der Waals surface area (Å²) >= 11 is 0. The normalized spacial score (nSPS) is 16.2. The first kappa shape index (κ1) is 15.2. The van der Waals surface area contributed by atoms with E-state index in [9.17, 15) is 18.0 Å². The molecule has 0 bridgehead atoms. The van der Waals surface area contributed by atoms with Crippen LogP contribution in [0.3, 0.4) is 0 Å². The molecular formula is C10H18F3NO2. The molecule has 2 unspecified atom stereocenters. The van der Waals surface area contributed by atoms with Crippen LogP contribution in [0, 0.1) is 0 Å². The molecule has 0 saturated heterocycles. The molecular weight excluding hydrogens is 223 g/mol. The third-order valence-corrected chi connectivity index (χ3v) is 2.64. The lowest BCUT2D eigenvalue weighted by atomic mass is 10.1. The third kappa shape index (κ3) is 4.83. The first-order valence-electron chi connectivity index (χ1n) is 5.20. The van der Waals surface area contributed by atoms with Crippen molar-refractivity contribution in [2.24, 2.45) is 0 Å². The van der Waals surface area contributed by atoms with Gasteiger partial charge in [0.1, 0.15) is 6.04 Å². The highest BCUT2D eigenvalue weighted by atomic mass is 19.4. The van der Waals surface area contributed by atoms with Crippen LogP contribution >= 0.6 is 0 Å². The van der Waals surface area contributed by atoms with Gasteiger partial charge in [-0.1, -0.05) is 13.3 Å². The van der Waals surface area contributed by atoms with E-state index in [-0.39, 0.29) is 6.04 Å². The fourth-order valence-corrected chi connectivity index (χ4v) is 1.58. The molecule has 0 saturated carbocycles. The predicted molar refractivity (Wildman–Crippen MR) is 54.2 cm³/mol. The molecule has 0 spiro atoms. The smallest absolute Gasteiger partial charge is 0.404 e. The van der Waals surface area contributed by atoms with Crippen molar-refractivity contribution in [3.05, 3.63) is 0 Å². The zero-order valence-corrected chi connectivity index (χ0v) is 9.71. The van der Waals surface area contributed by atoms with Gasteiger partial charge in [-0.3, -0.25) is 9.69 Å². The van der Waals surface area contributed by atoms with Gasteiger partial charge < -0.3 is 5.11 Å². The fourth-order valence-electron chi connectivity index (χ4n) is 1.58. The Labute approximate surface area is 93.2 Å². The van der Waals surface area contributed by atoms with Crippen LogP contribution in [0.2, 0.25) is 0 Å². The second-order valence-electron chi connectivity index (χ2n) is 3.96. The van der Waals surface area contributed by atoms with E-state index in [0.717, 1.165) is 11.3 Å². The van der Waals surface area contributed by atoms with E-state index < -0.39 is 24.6 Å². The quantitative estimate of drug-likeness (QED) is 0.776. The zero-order valence-electron chi connectivity index (χ0n) is 9.71. The maximum absolute atomic E-state index is 12.6. The summed E-state index contributed by atoms with van der Waals surface area (Å²) in [6.45, 7) is 3.55. The molecule has 16 heavy (non-hydrogen) atoms. The number of alkyl halides is 3. The summed E-state index contributed by atoms with van der Waals surface area (Å²) in [6.07, 6.45) is -4.03. The SMILES string of the molecule is CCCC(C)N(C)C(CC(=O)O)C(F)(F)F. The summed E-state index contributed by atoms with van der Waals surface area (Å²) in [5, 5.41) is 8.48. The summed E-state index contributed by atoms with van der Waals surface area (Å²) in [5.74, 6) is -1.43. The van der Waals surface area contributed by atoms with Gasteiger partial charge in [-0.05, 0) is 20.4 Å². The Morgan fingerprint density at radius 1 is 1.44 bits per heavy atom. The number of carbonyl (C=O) groups is 1. The summed E-state index contributed by atoms with van der Waals surface area (Å²) in [5.41, 5.74) is 0.